The molecule has 0 aliphatic carbocycles. The molecule has 4 aromatic carbocycles. The van der Waals surface area contributed by atoms with Gasteiger partial charge in [0.1, 0.15) is 22.7 Å². The van der Waals surface area contributed by atoms with Crippen LogP contribution in [0.1, 0.15) is 80.8 Å². The average molecular weight is 793 g/mol. The van der Waals surface area contributed by atoms with Crippen molar-refractivity contribution < 1.29 is 22.7 Å². The number of piperidine rings is 2. The Labute approximate surface area is 340 Å². The Bertz CT molecular complexity index is 2200. The Kier molecular flexibility index (Phi) is 13.9. The van der Waals surface area contributed by atoms with Crippen molar-refractivity contribution in [3.63, 3.8) is 0 Å². The van der Waals surface area contributed by atoms with E-state index in [9.17, 15) is 13.2 Å². The first-order valence-electron chi connectivity index (χ1n) is 19.2. The molecule has 8 rings (SSSR count). The summed E-state index contributed by atoms with van der Waals surface area (Å²) in [6, 6.07) is 33.0. The third-order valence-electron chi connectivity index (χ3n) is 11.0. The van der Waals surface area contributed by atoms with Gasteiger partial charge < -0.3 is 24.6 Å². The molecular weight excluding hydrogens is 733 g/mol. The van der Waals surface area contributed by atoms with Gasteiger partial charge in [-0.25, -0.2) is 13.1 Å². The number of nitrogens with one attached hydrogen (secondary N) is 2. The van der Waals surface area contributed by atoms with Crippen molar-refractivity contribution in [3.8, 4) is 11.5 Å². The van der Waals surface area contributed by atoms with E-state index in [1.54, 1.807) is 6.92 Å². The number of nitrogens with zero attached hydrogens (tertiary/aromatic N) is 2. The van der Waals surface area contributed by atoms with Gasteiger partial charge in [0.05, 0.1) is 6.26 Å². The summed E-state index contributed by atoms with van der Waals surface area (Å²) in [5.74, 6) is 1.87. The molecule has 4 aliphatic heterocycles. The molecule has 9 nitrogen and oxygen atoms in total. The summed E-state index contributed by atoms with van der Waals surface area (Å²) in [4.78, 5) is 15.9. The highest BCUT2D eigenvalue weighted by Crippen LogP contribution is 2.44. The lowest BCUT2D eigenvalue weighted by Gasteiger charge is -2.42. The molecule has 2 fully saturated rings. The Balaban J connectivity index is 0.000000210. The summed E-state index contributed by atoms with van der Waals surface area (Å²) in [5, 5.41) is 2.88. The molecule has 1 amide bonds. The number of ether oxygens (including phenoxy) is 2. The lowest BCUT2D eigenvalue weighted by molar-refractivity contribution is -0.119. The van der Waals surface area contributed by atoms with E-state index < -0.39 is 10.0 Å². The zero-order valence-corrected chi connectivity index (χ0v) is 33.1. The molecule has 0 bridgehead atoms. The van der Waals surface area contributed by atoms with Crippen LogP contribution in [0.2, 0.25) is 0 Å². The molecule has 4 aromatic rings. The van der Waals surface area contributed by atoms with E-state index in [0.29, 0.717) is 6.54 Å². The number of likely N-dealkylation sites (tertiary alicyclic amines) is 2. The van der Waals surface area contributed by atoms with Crippen molar-refractivity contribution in [2.75, 3.05) is 46.5 Å². The molecule has 4 aliphatic rings. The molecule has 2 spiro atoms. The molecule has 0 radical (unpaired) electrons. The number of amides is 1. The van der Waals surface area contributed by atoms with Gasteiger partial charge in [-0.3, -0.25) is 4.79 Å². The van der Waals surface area contributed by atoms with Gasteiger partial charge in [0.15, 0.2) is 0 Å². The van der Waals surface area contributed by atoms with E-state index >= 15 is 0 Å². The van der Waals surface area contributed by atoms with Crippen LogP contribution in [-0.2, 0) is 27.9 Å². The molecule has 2 N–H and O–H groups in total. The minimum absolute atomic E-state index is 0. The van der Waals surface area contributed by atoms with E-state index in [-0.39, 0.29) is 38.5 Å². The number of rotatable bonds is 7. The Morgan fingerprint density at radius 2 is 1.07 bits per heavy atom. The van der Waals surface area contributed by atoms with Crippen molar-refractivity contribution in [2.24, 2.45) is 0 Å². The number of benzene rings is 4. The zero-order valence-electron chi connectivity index (χ0n) is 32.3. The minimum Gasteiger partial charge on any atom is -0.482 e. The van der Waals surface area contributed by atoms with Gasteiger partial charge in [0, 0.05) is 83.0 Å². The van der Waals surface area contributed by atoms with E-state index in [0.717, 1.165) is 96.8 Å². The molecule has 0 aromatic heterocycles. The van der Waals surface area contributed by atoms with Crippen LogP contribution in [-0.4, -0.2) is 81.9 Å². The molecule has 57 heavy (non-hydrogen) atoms. The fourth-order valence-electron chi connectivity index (χ4n) is 7.84. The van der Waals surface area contributed by atoms with Gasteiger partial charge in [-0.2, -0.15) is 0 Å². The second-order valence-electron chi connectivity index (χ2n) is 15.5. The monoisotopic (exact) mass is 792 g/mol. The highest BCUT2D eigenvalue weighted by atomic mass is 32.2. The topological polar surface area (TPSA) is 100 Å². The van der Waals surface area contributed by atoms with Gasteiger partial charge >= 0.3 is 0 Å². The molecule has 0 unspecified atom stereocenters. The maximum atomic E-state index is 11.4. The number of carbonyl (C=O) groups excluding carboxylic acids is 1. The minimum atomic E-state index is -3.23. The van der Waals surface area contributed by atoms with Gasteiger partial charge in [0.25, 0.3) is 0 Å². The van der Waals surface area contributed by atoms with Crippen LogP contribution in [0, 0.1) is 0 Å². The van der Waals surface area contributed by atoms with Crippen molar-refractivity contribution in [1.82, 2.24) is 19.8 Å². The molecule has 10 heteroatoms. The largest absolute Gasteiger partial charge is 0.482 e. The summed E-state index contributed by atoms with van der Waals surface area (Å²) in [6.07, 6.45) is 9.69. The average Bonchev–Trinajstić information content (AvgIpc) is 3.18. The maximum absolute atomic E-state index is 11.4. The number of carbonyl (C=O) groups is 1. The van der Waals surface area contributed by atoms with E-state index in [4.69, 9.17) is 9.47 Å². The fraction of sp³-hybridized carbons (Fsp3) is 0.383. The highest BCUT2D eigenvalue weighted by molar-refractivity contribution is 7.88. The predicted octanol–water partition coefficient (Wildman–Crippen LogP) is 7.91. The standard InChI is InChI=1S/C23H26N2O2.C22H26N2O3S.2CH4/c1-17(26)24-16-18-6-5-7-19(14-18)21-15-23(10-12-25(2)13-11-23)27-22-9-4-3-8-20(21)22;1-24-12-10-22(11-13-24)15-20(19-8-3-4-9-21(19)27-22)18-7-5-6-17(14-18)16-23-28(2,25)26;;/h3-9,14-15H,10-13,16H2,1-2H3,(H,24,26);3-9,14-15,23H,10-13,16H2,1-2H3;2*1H4. The van der Waals surface area contributed by atoms with Crippen molar-refractivity contribution >= 4 is 27.1 Å². The molecular formula is C47H60N4O5S. The van der Waals surface area contributed by atoms with E-state index in [1.807, 2.05) is 36.4 Å². The quantitative estimate of drug-likeness (QED) is 0.196. The number of hydrogen-bond donors (Lipinski definition) is 2. The first-order valence-corrected chi connectivity index (χ1v) is 21.0. The van der Waals surface area contributed by atoms with E-state index in [1.165, 1.54) is 17.4 Å². The van der Waals surface area contributed by atoms with Crippen LogP contribution in [0.25, 0.3) is 11.1 Å². The van der Waals surface area contributed by atoms with Crippen LogP contribution in [0.3, 0.4) is 0 Å². The van der Waals surface area contributed by atoms with Crippen LogP contribution < -0.4 is 19.5 Å². The second-order valence-corrected chi connectivity index (χ2v) is 17.3. The van der Waals surface area contributed by atoms with Crippen molar-refractivity contribution in [3.05, 3.63) is 143 Å². The summed E-state index contributed by atoms with van der Waals surface area (Å²) in [6.45, 7) is 6.46. The SMILES string of the molecule is C.C.CC(=O)NCc1cccc(C2=CC3(CCN(C)CC3)Oc3ccccc32)c1.CN1CCC2(C=C(c3cccc(CNS(C)(=O)=O)c3)c3ccccc3O2)CC1. The first-order chi connectivity index (χ1) is 26.4. The Morgan fingerprint density at radius 1 is 0.649 bits per heavy atom. The van der Waals surface area contributed by atoms with Crippen LogP contribution in [0.4, 0.5) is 0 Å². The van der Waals surface area contributed by atoms with Gasteiger partial charge in [-0.05, 0) is 83.9 Å². The molecule has 2 saturated heterocycles. The van der Waals surface area contributed by atoms with Gasteiger partial charge in [-0.1, -0.05) is 87.6 Å². The van der Waals surface area contributed by atoms with Crippen LogP contribution >= 0.6 is 0 Å². The van der Waals surface area contributed by atoms with E-state index in [2.05, 4.69) is 107 Å². The number of hydrogen-bond acceptors (Lipinski definition) is 7. The number of sulfonamides is 1. The van der Waals surface area contributed by atoms with Crippen LogP contribution in [0.15, 0.2) is 109 Å². The number of fused-ring (bicyclic) bond motifs is 2. The van der Waals surface area contributed by atoms with Crippen molar-refractivity contribution in [2.45, 2.75) is 71.8 Å². The molecule has 4 heterocycles. The van der Waals surface area contributed by atoms with Crippen LogP contribution in [0.5, 0.6) is 11.5 Å². The summed E-state index contributed by atoms with van der Waals surface area (Å²) < 4.78 is 38.5. The summed E-state index contributed by atoms with van der Waals surface area (Å²) in [7, 11) is 1.09. The third kappa shape index (κ3) is 10.6. The van der Waals surface area contributed by atoms with Crippen molar-refractivity contribution in [1.29, 1.82) is 0 Å². The maximum Gasteiger partial charge on any atom is 0.217 e. The summed E-state index contributed by atoms with van der Waals surface area (Å²) >= 11 is 0. The Hall–Kier alpha value is -4.74. The summed E-state index contributed by atoms with van der Waals surface area (Å²) in [5.41, 5.74) is 8.39. The van der Waals surface area contributed by atoms with Gasteiger partial charge in [-0.15, -0.1) is 0 Å². The van der Waals surface area contributed by atoms with Gasteiger partial charge in [0.2, 0.25) is 15.9 Å². The lowest BCUT2D eigenvalue weighted by Crippen LogP contribution is -2.46. The fourth-order valence-corrected chi connectivity index (χ4v) is 8.27. The zero-order chi connectivity index (χ0) is 38.6. The smallest absolute Gasteiger partial charge is 0.217 e. The highest BCUT2D eigenvalue weighted by Gasteiger charge is 2.39. The lowest BCUT2D eigenvalue weighted by atomic mass is 9.83. The third-order valence-corrected chi connectivity index (χ3v) is 11.7. The predicted molar refractivity (Wildman–Crippen MR) is 233 cm³/mol. The molecule has 0 saturated carbocycles. The Morgan fingerprint density at radius 3 is 1.49 bits per heavy atom. The normalized spacial score (nSPS) is 18.0. The second kappa shape index (κ2) is 18.2. The molecule has 0 atom stereocenters. The molecule has 304 valence electrons. The number of para-hydroxylation sites is 2. The first kappa shape index (κ1) is 43.4.